The van der Waals surface area contributed by atoms with Gasteiger partial charge < -0.3 is 9.36 Å². The van der Waals surface area contributed by atoms with E-state index < -0.39 is 0 Å². The first-order chi connectivity index (χ1) is 12.5. The fraction of sp³-hybridized carbons (Fsp3) is 0.273. The topological polar surface area (TPSA) is 39.1 Å². The number of aldehydes is 1. The lowest BCUT2D eigenvalue weighted by molar-refractivity contribution is -0.109. The van der Waals surface area contributed by atoms with E-state index in [1.54, 1.807) is 23.7 Å². The van der Waals surface area contributed by atoms with Crippen molar-refractivity contribution in [2.24, 2.45) is 7.05 Å². The number of fused-ring (bicyclic) bond motifs is 1. The van der Waals surface area contributed by atoms with Crippen molar-refractivity contribution in [3.8, 4) is 11.1 Å². The Balaban J connectivity index is 2.49. The third kappa shape index (κ3) is 3.07. The second kappa shape index (κ2) is 7.24. The van der Waals surface area contributed by atoms with Crippen LogP contribution in [-0.4, -0.2) is 10.9 Å². The van der Waals surface area contributed by atoms with Gasteiger partial charge in [-0.2, -0.15) is 0 Å². The number of nitrogens with zero attached hydrogens (tertiary/aromatic N) is 1. The van der Waals surface area contributed by atoms with E-state index in [0.29, 0.717) is 17.5 Å². The molecule has 134 valence electrons. The van der Waals surface area contributed by atoms with Gasteiger partial charge in [0.1, 0.15) is 12.1 Å². The van der Waals surface area contributed by atoms with E-state index in [9.17, 15) is 14.0 Å². The van der Waals surface area contributed by atoms with Crippen molar-refractivity contribution >= 4 is 17.1 Å². The molecule has 26 heavy (non-hydrogen) atoms. The third-order valence-electron chi connectivity index (χ3n) is 4.85. The van der Waals surface area contributed by atoms with Crippen LogP contribution in [0.2, 0.25) is 0 Å². The summed E-state index contributed by atoms with van der Waals surface area (Å²) in [7, 11) is 1.70. The Bertz CT molecular complexity index is 1020. The zero-order valence-corrected chi connectivity index (χ0v) is 15.3. The minimum atomic E-state index is -0.386. The van der Waals surface area contributed by atoms with Crippen LogP contribution in [0.25, 0.3) is 21.9 Å². The number of halogens is 1. The predicted molar refractivity (Wildman–Crippen MR) is 103 cm³/mol. The van der Waals surface area contributed by atoms with Crippen LogP contribution in [0.15, 0.2) is 47.3 Å². The summed E-state index contributed by atoms with van der Waals surface area (Å²) in [5.41, 5.74) is 3.23. The molecule has 2 aromatic carbocycles. The summed E-state index contributed by atoms with van der Waals surface area (Å²) in [6, 6.07) is 11.9. The zero-order chi connectivity index (χ0) is 18.8. The quantitative estimate of drug-likeness (QED) is 0.623. The molecule has 0 amide bonds. The smallest absolute Gasteiger partial charge is 0.258 e. The number of benzene rings is 2. The van der Waals surface area contributed by atoms with Crippen molar-refractivity contribution in [3.05, 3.63) is 69.9 Å². The van der Waals surface area contributed by atoms with Gasteiger partial charge in [-0.05, 0) is 42.5 Å². The number of carbonyl (C=O) groups is 1. The van der Waals surface area contributed by atoms with Crippen LogP contribution in [0, 0.1) is 12.7 Å². The summed E-state index contributed by atoms with van der Waals surface area (Å²) in [5, 5.41) is 1.40. The van der Waals surface area contributed by atoms with E-state index in [-0.39, 0.29) is 17.3 Å². The minimum Gasteiger partial charge on any atom is -0.314 e. The van der Waals surface area contributed by atoms with Crippen LogP contribution in [0.3, 0.4) is 0 Å². The first-order valence-electron chi connectivity index (χ1n) is 8.82. The predicted octanol–water partition coefficient (Wildman–Crippen LogP) is 4.74. The van der Waals surface area contributed by atoms with Gasteiger partial charge in [0.25, 0.3) is 5.56 Å². The molecule has 0 saturated heterocycles. The first kappa shape index (κ1) is 18.1. The van der Waals surface area contributed by atoms with Crippen molar-refractivity contribution in [2.75, 3.05) is 0 Å². The Morgan fingerprint density at radius 2 is 1.81 bits per heavy atom. The number of rotatable bonds is 5. The summed E-state index contributed by atoms with van der Waals surface area (Å²) in [6.45, 7) is 3.98. The summed E-state index contributed by atoms with van der Waals surface area (Å²) in [4.78, 5) is 24.7. The number of aryl methyl sites for hydroxylation is 1. The fourth-order valence-corrected chi connectivity index (χ4v) is 3.58. The zero-order valence-electron chi connectivity index (χ0n) is 15.3. The molecule has 3 aromatic rings. The average molecular weight is 351 g/mol. The van der Waals surface area contributed by atoms with E-state index in [4.69, 9.17) is 0 Å². The number of pyridine rings is 1. The number of aromatic nitrogens is 1. The molecular weight excluding hydrogens is 329 g/mol. The highest BCUT2D eigenvalue weighted by Gasteiger charge is 2.22. The maximum atomic E-state index is 13.5. The average Bonchev–Trinajstić information content (AvgIpc) is 2.63. The number of hydrogen-bond acceptors (Lipinski definition) is 2. The summed E-state index contributed by atoms with van der Waals surface area (Å²) in [5.74, 6) is -0.705. The van der Waals surface area contributed by atoms with E-state index in [1.165, 1.54) is 12.1 Å². The maximum absolute atomic E-state index is 13.5. The molecule has 0 aliphatic rings. The number of hydrogen-bond donors (Lipinski definition) is 0. The van der Waals surface area contributed by atoms with E-state index in [2.05, 4.69) is 0 Å². The maximum Gasteiger partial charge on any atom is 0.258 e. The molecule has 0 aliphatic carbocycles. The Morgan fingerprint density at radius 1 is 1.12 bits per heavy atom. The molecule has 0 bridgehead atoms. The molecule has 0 saturated carbocycles. The lowest BCUT2D eigenvalue weighted by atomic mass is 9.89. The van der Waals surface area contributed by atoms with Gasteiger partial charge in [-0.3, -0.25) is 4.79 Å². The molecule has 1 heterocycles. The monoisotopic (exact) mass is 351 g/mol. The molecule has 3 nitrogen and oxygen atoms in total. The summed E-state index contributed by atoms with van der Waals surface area (Å²) >= 11 is 0. The molecule has 1 unspecified atom stereocenters. The molecule has 0 spiro atoms. The molecule has 0 fully saturated rings. The molecule has 1 atom stereocenters. The molecule has 3 rings (SSSR count). The molecule has 0 aliphatic heterocycles. The van der Waals surface area contributed by atoms with E-state index in [1.807, 2.05) is 32.0 Å². The van der Waals surface area contributed by atoms with Gasteiger partial charge in [0.2, 0.25) is 0 Å². The fourth-order valence-electron chi connectivity index (χ4n) is 3.58. The van der Waals surface area contributed by atoms with Gasteiger partial charge in [-0.25, -0.2) is 4.39 Å². The van der Waals surface area contributed by atoms with Crippen LogP contribution in [0.1, 0.15) is 36.9 Å². The Labute approximate surface area is 152 Å². The molecular formula is C22H22FNO2. The second-order valence-corrected chi connectivity index (χ2v) is 6.71. The molecule has 0 N–H and O–H groups in total. The summed E-state index contributed by atoms with van der Waals surface area (Å²) in [6.07, 6.45) is 2.39. The minimum absolute atomic E-state index is 0.121. The lowest BCUT2D eigenvalue weighted by Gasteiger charge is -2.22. The van der Waals surface area contributed by atoms with Crippen molar-refractivity contribution in [1.82, 2.24) is 4.57 Å². The van der Waals surface area contributed by atoms with Gasteiger partial charge in [-0.1, -0.05) is 43.2 Å². The molecule has 1 aromatic heterocycles. The SMILES string of the molecule is CCCC(C=O)c1c(-c2ccc(F)cc2)c2cc(C)ccc2c(=O)n1C. The first-order valence-corrected chi connectivity index (χ1v) is 8.82. The lowest BCUT2D eigenvalue weighted by Crippen LogP contribution is -2.24. The highest BCUT2D eigenvalue weighted by molar-refractivity contribution is 5.98. The van der Waals surface area contributed by atoms with Crippen molar-refractivity contribution in [3.63, 3.8) is 0 Å². The normalized spacial score (nSPS) is 12.3. The van der Waals surface area contributed by atoms with Crippen molar-refractivity contribution in [2.45, 2.75) is 32.6 Å². The Hall–Kier alpha value is -2.75. The van der Waals surface area contributed by atoms with Crippen LogP contribution in [0.4, 0.5) is 4.39 Å². The number of carbonyl (C=O) groups excluding carboxylic acids is 1. The largest absolute Gasteiger partial charge is 0.314 e. The van der Waals surface area contributed by atoms with Gasteiger partial charge in [0.05, 0.1) is 5.92 Å². The molecule has 0 radical (unpaired) electrons. The Morgan fingerprint density at radius 3 is 2.42 bits per heavy atom. The van der Waals surface area contributed by atoms with E-state index >= 15 is 0 Å². The van der Waals surface area contributed by atoms with Crippen molar-refractivity contribution < 1.29 is 9.18 Å². The highest BCUT2D eigenvalue weighted by atomic mass is 19.1. The van der Waals surface area contributed by atoms with Crippen LogP contribution >= 0.6 is 0 Å². The van der Waals surface area contributed by atoms with Crippen LogP contribution in [-0.2, 0) is 11.8 Å². The van der Waals surface area contributed by atoms with E-state index in [0.717, 1.165) is 34.8 Å². The van der Waals surface area contributed by atoms with Gasteiger partial charge in [-0.15, -0.1) is 0 Å². The van der Waals surface area contributed by atoms with Crippen LogP contribution < -0.4 is 5.56 Å². The third-order valence-corrected chi connectivity index (χ3v) is 4.85. The second-order valence-electron chi connectivity index (χ2n) is 6.71. The standard InChI is InChI=1S/C22H22FNO2/c1-4-5-16(13-25)21-20(15-7-9-17(23)10-8-15)19-12-14(2)6-11-18(19)22(26)24(21)3/h6-13,16H,4-5H2,1-3H3. The summed E-state index contributed by atoms with van der Waals surface area (Å²) < 4.78 is 15.0. The Kier molecular flexibility index (Phi) is 5.03. The van der Waals surface area contributed by atoms with Crippen molar-refractivity contribution in [1.29, 1.82) is 0 Å². The van der Waals surface area contributed by atoms with Gasteiger partial charge >= 0.3 is 0 Å². The van der Waals surface area contributed by atoms with Gasteiger partial charge in [0, 0.05) is 23.7 Å². The van der Waals surface area contributed by atoms with Crippen LogP contribution in [0.5, 0.6) is 0 Å². The van der Waals surface area contributed by atoms with Gasteiger partial charge in [0.15, 0.2) is 0 Å². The highest BCUT2D eigenvalue weighted by Crippen LogP contribution is 2.35. The molecule has 4 heteroatoms.